The van der Waals surface area contributed by atoms with E-state index >= 15 is 0 Å². The van der Waals surface area contributed by atoms with Crippen molar-refractivity contribution in [1.29, 1.82) is 0 Å². The van der Waals surface area contributed by atoms with Gasteiger partial charge in [-0.15, -0.1) is 0 Å². The number of hydrogen-bond donors (Lipinski definition) is 2. The third-order valence-electron chi connectivity index (χ3n) is 6.75. The van der Waals surface area contributed by atoms with Crippen LogP contribution in [0.2, 0.25) is 5.02 Å². The molecule has 3 aromatic rings. The highest BCUT2D eigenvalue weighted by Gasteiger charge is 2.40. The highest BCUT2D eigenvalue weighted by molar-refractivity contribution is 6.33. The molecular weight excluding hydrogens is 506 g/mol. The Morgan fingerprint density at radius 3 is 2.57 bits per heavy atom. The Hall–Kier alpha value is -3.53. The Balaban J connectivity index is 1.54. The molecule has 1 unspecified atom stereocenters. The van der Waals surface area contributed by atoms with Crippen LogP contribution in [0.1, 0.15) is 54.4 Å². The molecule has 8 nitrogen and oxygen atoms in total. The fourth-order valence-corrected chi connectivity index (χ4v) is 4.91. The molecule has 0 spiro atoms. The van der Waals surface area contributed by atoms with Crippen LogP contribution in [0.3, 0.4) is 0 Å². The first-order valence-electron chi connectivity index (χ1n) is 12.0. The van der Waals surface area contributed by atoms with Gasteiger partial charge in [0.2, 0.25) is 11.8 Å². The SMILES string of the molecule is CCc1nocc1C(=O)NC(C(=O)Nc1ccc(-c2c(Cl)cc[n+]([O-])c2C)cc1)C1CCC(F)(F)CC1. The zero-order chi connectivity index (χ0) is 26.7. The minimum Gasteiger partial charge on any atom is -0.618 e. The Kier molecular flexibility index (Phi) is 7.77. The average Bonchev–Trinajstić information content (AvgIpc) is 3.35. The molecule has 1 aromatic carbocycles. The summed E-state index contributed by atoms with van der Waals surface area (Å²) < 4.78 is 33.2. The number of carbonyl (C=O) groups is 2. The molecule has 0 aliphatic heterocycles. The Morgan fingerprint density at radius 2 is 1.92 bits per heavy atom. The fourth-order valence-electron chi connectivity index (χ4n) is 4.61. The van der Waals surface area contributed by atoms with E-state index in [2.05, 4.69) is 15.8 Å². The number of aryl methyl sites for hydroxylation is 1. The zero-order valence-electron chi connectivity index (χ0n) is 20.4. The molecule has 2 aromatic heterocycles. The van der Waals surface area contributed by atoms with Gasteiger partial charge in [0.25, 0.3) is 5.91 Å². The molecule has 1 fully saturated rings. The van der Waals surface area contributed by atoms with E-state index in [9.17, 15) is 23.6 Å². The van der Waals surface area contributed by atoms with E-state index in [0.29, 0.717) is 39.6 Å². The second-order valence-electron chi connectivity index (χ2n) is 9.19. The van der Waals surface area contributed by atoms with Crippen LogP contribution in [0.5, 0.6) is 0 Å². The minimum absolute atomic E-state index is 0.0928. The lowest BCUT2D eigenvalue weighted by atomic mass is 9.81. The fraction of sp³-hybridized carbons (Fsp3) is 0.385. The number of benzene rings is 1. The molecule has 2 heterocycles. The predicted molar refractivity (Wildman–Crippen MR) is 133 cm³/mol. The summed E-state index contributed by atoms with van der Waals surface area (Å²) in [6, 6.07) is 7.19. The van der Waals surface area contributed by atoms with Gasteiger partial charge in [0.1, 0.15) is 17.9 Å². The second-order valence-corrected chi connectivity index (χ2v) is 9.60. The van der Waals surface area contributed by atoms with Crippen LogP contribution in [-0.4, -0.2) is 28.9 Å². The smallest absolute Gasteiger partial charge is 0.257 e. The Labute approximate surface area is 217 Å². The largest absolute Gasteiger partial charge is 0.618 e. The van der Waals surface area contributed by atoms with E-state index in [-0.39, 0.29) is 31.2 Å². The van der Waals surface area contributed by atoms with E-state index in [0.717, 1.165) is 4.73 Å². The summed E-state index contributed by atoms with van der Waals surface area (Å²) in [6.45, 7) is 3.47. The number of carbonyl (C=O) groups excluding carboxylic acids is 2. The summed E-state index contributed by atoms with van der Waals surface area (Å²) in [5.74, 6) is -4.31. The number of anilines is 1. The number of nitrogens with zero attached hydrogens (tertiary/aromatic N) is 2. The van der Waals surface area contributed by atoms with Crippen LogP contribution in [0.4, 0.5) is 14.5 Å². The predicted octanol–water partition coefficient (Wildman–Crippen LogP) is 5.06. The lowest BCUT2D eigenvalue weighted by molar-refractivity contribution is -0.611. The van der Waals surface area contributed by atoms with Gasteiger partial charge in [-0.05, 0) is 42.9 Å². The van der Waals surface area contributed by atoms with Crippen molar-refractivity contribution in [2.75, 3.05) is 5.32 Å². The number of pyridine rings is 1. The van der Waals surface area contributed by atoms with Gasteiger partial charge in [0.15, 0.2) is 11.9 Å². The van der Waals surface area contributed by atoms with Crippen molar-refractivity contribution < 1.29 is 27.6 Å². The molecule has 0 bridgehead atoms. The maximum atomic E-state index is 13.8. The molecule has 196 valence electrons. The van der Waals surface area contributed by atoms with Gasteiger partial charge >= 0.3 is 0 Å². The summed E-state index contributed by atoms with van der Waals surface area (Å²) in [6.07, 6.45) is 2.47. The Bertz CT molecular complexity index is 1290. The third kappa shape index (κ3) is 5.90. The van der Waals surface area contributed by atoms with Gasteiger partial charge in [-0.25, -0.2) is 8.78 Å². The number of hydrogen-bond acceptors (Lipinski definition) is 5. The highest BCUT2D eigenvalue weighted by atomic mass is 35.5. The molecule has 0 saturated heterocycles. The number of nitrogens with one attached hydrogen (secondary N) is 2. The molecule has 0 radical (unpaired) electrons. The van der Waals surface area contributed by atoms with E-state index < -0.39 is 29.7 Å². The van der Waals surface area contributed by atoms with Gasteiger partial charge in [-0.3, -0.25) is 9.59 Å². The monoisotopic (exact) mass is 532 g/mol. The maximum absolute atomic E-state index is 13.8. The van der Waals surface area contributed by atoms with Crippen LogP contribution in [0, 0.1) is 18.0 Å². The number of halogens is 3. The second kappa shape index (κ2) is 10.8. The molecule has 1 saturated carbocycles. The van der Waals surface area contributed by atoms with Crippen molar-refractivity contribution in [3.8, 4) is 11.1 Å². The van der Waals surface area contributed by atoms with Gasteiger partial charge in [-0.2, -0.15) is 4.73 Å². The number of alkyl halides is 2. The summed E-state index contributed by atoms with van der Waals surface area (Å²) in [4.78, 5) is 26.3. The van der Waals surface area contributed by atoms with Crippen LogP contribution in [-0.2, 0) is 11.2 Å². The van der Waals surface area contributed by atoms with E-state index in [1.165, 1.54) is 18.5 Å². The first kappa shape index (κ1) is 26.5. The minimum atomic E-state index is -2.78. The average molecular weight is 533 g/mol. The number of rotatable bonds is 7. The Morgan fingerprint density at radius 1 is 1.24 bits per heavy atom. The van der Waals surface area contributed by atoms with Gasteiger partial charge in [-0.1, -0.05) is 35.8 Å². The van der Waals surface area contributed by atoms with Crippen LogP contribution in [0.25, 0.3) is 11.1 Å². The number of aromatic nitrogens is 2. The molecule has 37 heavy (non-hydrogen) atoms. The topological polar surface area (TPSA) is 111 Å². The molecule has 2 amide bonds. The molecule has 1 aliphatic carbocycles. The normalized spacial score (nSPS) is 16.2. The van der Waals surface area contributed by atoms with E-state index in [1.807, 2.05) is 6.92 Å². The van der Waals surface area contributed by atoms with E-state index in [1.54, 1.807) is 31.2 Å². The van der Waals surface area contributed by atoms with Crippen LogP contribution >= 0.6 is 11.6 Å². The van der Waals surface area contributed by atoms with Crippen molar-refractivity contribution in [3.05, 3.63) is 70.0 Å². The third-order valence-corrected chi connectivity index (χ3v) is 7.07. The molecule has 2 N–H and O–H groups in total. The lowest BCUT2D eigenvalue weighted by Crippen LogP contribution is -2.50. The van der Waals surface area contributed by atoms with Crippen molar-refractivity contribution in [3.63, 3.8) is 0 Å². The highest BCUT2D eigenvalue weighted by Crippen LogP contribution is 2.38. The zero-order valence-corrected chi connectivity index (χ0v) is 21.1. The number of amides is 2. The van der Waals surface area contributed by atoms with Gasteiger partial charge in [0, 0.05) is 31.5 Å². The van der Waals surface area contributed by atoms with Gasteiger partial charge < -0.3 is 20.4 Å². The summed E-state index contributed by atoms with van der Waals surface area (Å²) in [5.41, 5.74) is 2.78. The first-order chi connectivity index (χ1) is 17.6. The molecule has 1 atom stereocenters. The summed E-state index contributed by atoms with van der Waals surface area (Å²) in [7, 11) is 0. The van der Waals surface area contributed by atoms with Gasteiger partial charge in [0.05, 0.1) is 16.3 Å². The van der Waals surface area contributed by atoms with Crippen molar-refractivity contribution in [1.82, 2.24) is 10.5 Å². The summed E-state index contributed by atoms with van der Waals surface area (Å²) >= 11 is 6.29. The quantitative estimate of drug-likeness (QED) is 0.326. The maximum Gasteiger partial charge on any atom is 0.257 e. The summed E-state index contributed by atoms with van der Waals surface area (Å²) in [5, 5.41) is 21.7. The molecule has 11 heteroatoms. The van der Waals surface area contributed by atoms with Crippen molar-refractivity contribution in [2.45, 2.75) is 57.9 Å². The van der Waals surface area contributed by atoms with Crippen LogP contribution in [0.15, 0.2) is 47.3 Å². The lowest BCUT2D eigenvalue weighted by Gasteiger charge is -2.33. The first-order valence-corrected chi connectivity index (χ1v) is 12.4. The van der Waals surface area contributed by atoms with E-state index in [4.69, 9.17) is 16.1 Å². The standard InChI is InChI=1S/C26H27ClF2N4O4/c1-3-21-19(14-37-32-21)24(34)31-23(17-8-11-26(28,29)12-9-17)25(35)30-18-6-4-16(5-7-18)22-15(2)33(36)13-10-20(22)27/h4-7,10,13-14,17,23H,3,8-9,11-12H2,1-2H3,(H,30,35)(H,31,34). The van der Waals surface area contributed by atoms with Crippen molar-refractivity contribution in [2.24, 2.45) is 5.92 Å². The van der Waals surface area contributed by atoms with Crippen molar-refractivity contribution >= 4 is 29.1 Å². The molecule has 4 rings (SSSR count). The van der Waals surface area contributed by atoms with Crippen LogP contribution < -0.4 is 15.4 Å². The molecular formula is C26H27ClF2N4O4. The molecule has 1 aliphatic rings.